The SMILES string of the molecule is Cc1ccc(NC(=O)Nc2ncc(Sc3ccncc3)s2)c(N2CCCCC2)c1. The molecule has 2 amide bonds. The normalized spacial score (nSPS) is 13.9. The summed E-state index contributed by atoms with van der Waals surface area (Å²) in [6, 6.07) is 9.77. The number of thiazole rings is 1. The largest absolute Gasteiger partial charge is 0.370 e. The average Bonchev–Trinajstić information content (AvgIpc) is 3.17. The molecule has 3 aromatic rings. The van der Waals surface area contributed by atoms with E-state index in [1.807, 2.05) is 24.3 Å². The van der Waals surface area contributed by atoms with Gasteiger partial charge in [-0.1, -0.05) is 29.2 Å². The van der Waals surface area contributed by atoms with Gasteiger partial charge in [0, 0.05) is 30.4 Å². The fourth-order valence-corrected chi connectivity index (χ4v) is 5.11. The van der Waals surface area contributed by atoms with Crippen molar-refractivity contribution in [3.05, 3.63) is 54.5 Å². The van der Waals surface area contributed by atoms with Crippen molar-refractivity contribution in [3.63, 3.8) is 0 Å². The first-order valence-electron chi connectivity index (χ1n) is 9.65. The van der Waals surface area contributed by atoms with Gasteiger partial charge < -0.3 is 10.2 Å². The summed E-state index contributed by atoms with van der Waals surface area (Å²) in [6.07, 6.45) is 8.95. The number of piperidine rings is 1. The van der Waals surface area contributed by atoms with Crippen LogP contribution in [0.2, 0.25) is 0 Å². The molecule has 0 radical (unpaired) electrons. The van der Waals surface area contributed by atoms with Gasteiger partial charge in [-0.05, 0) is 56.0 Å². The quantitative estimate of drug-likeness (QED) is 0.554. The number of hydrogen-bond acceptors (Lipinski definition) is 6. The number of nitrogens with one attached hydrogen (secondary N) is 2. The van der Waals surface area contributed by atoms with Gasteiger partial charge in [0.15, 0.2) is 5.13 Å². The van der Waals surface area contributed by atoms with E-state index in [0.29, 0.717) is 5.13 Å². The van der Waals surface area contributed by atoms with Gasteiger partial charge in [-0.3, -0.25) is 10.3 Å². The topological polar surface area (TPSA) is 70.1 Å². The molecule has 1 aliphatic heterocycles. The molecule has 6 nitrogen and oxygen atoms in total. The third-order valence-corrected chi connectivity index (χ3v) is 6.69. The van der Waals surface area contributed by atoms with Crippen LogP contribution in [0.3, 0.4) is 0 Å². The number of amides is 2. The number of urea groups is 1. The van der Waals surface area contributed by atoms with E-state index in [1.54, 1.807) is 30.4 Å². The molecule has 29 heavy (non-hydrogen) atoms. The number of rotatable bonds is 5. The highest BCUT2D eigenvalue weighted by Gasteiger charge is 2.16. The molecule has 0 unspecified atom stereocenters. The molecule has 0 spiro atoms. The number of benzene rings is 1. The Morgan fingerprint density at radius 1 is 1.10 bits per heavy atom. The molecule has 1 fully saturated rings. The highest BCUT2D eigenvalue weighted by atomic mass is 32.2. The lowest BCUT2D eigenvalue weighted by atomic mass is 10.1. The Balaban J connectivity index is 1.41. The highest BCUT2D eigenvalue weighted by Crippen LogP contribution is 2.34. The Labute approximate surface area is 178 Å². The molecule has 0 bridgehead atoms. The van der Waals surface area contributed by atoms with Gasteiger partial charge in [0.25, 0.3) is 0 Å². The maximum absolute atomic E-state index is 12.6. The first-order chi connectivity index (χ1) is 14.2. The Morgan fingerprint density at radius 2 is 1.90 bits per heavy atom. The van der Waals surface area contributed by atoms with Crippen LogP contribution >= 0.6 is 23.1 Å². The van der Waals surface area contributed by atoms with E-state index in [2.05, 4.69) is 38.5 Å². The van der Waals surface area contributed by atoms with E-state index in [9.17, 15) is 4.79 Å². The van der Waals surface area contributed by atoms with Gasteiger partial charge in [0.2, 0.25) is 0 Å². The van der Waals surface area contributed by atoms with Gasteiger partial charge >= 0.3 is 6.03 Å². The van der Waals surface area contributed by atoms with Gasteiger partial charge in [-0.15, -0.1) is 0 Å². The van der Waals surface area contributed by atoms with Crippen LogP contribution in [0.4, 0.5) is 21.3 Å². The van der Waals surface area contributed by atoms with Gasteiger partial charge in [-0.25, -0.2) is 9.78 Å². The minimum atomic E-state index is -0.276. The Hall–Kier alpha value is -2.58. The smallest absolute Gasteiger partial charge is 0.325 e. The second kappa shape index (κ2) is 9.28. The van der Waals surface area contributed by atoms with Crippen LogP contribution in [0.15, 0.2) is 58.0 Å². The summed E-state index contributed by atoms with van der Waals surface area (Å²) in [5.41, 5.74) is 3.11. The van der Waals surface area contributed by atoms with E-state index < -0.39 is 0 Å². The summed E-state index contributed by atoms with van der Waals surface area (Å²) < 4.78 is 1.01. The second-order valence-electron chi connectivity index (χ2n) is 6.92. The van der Waals surface area contributed by atoms with Crippen molar-refractivity contribution >= 4 is 45.6 Å². The molecule has 1 aromatic carbocycles. The Bertz CT molecular complexity index is 970. The molecule has 1 aliphatic rings. The molecule has 0 atom stereocenters. The van der Waals surface area contributed by atoms with Crippen LogP contribution in [0, 0.1) is 6.92 Å². The average molecular weight is 426 g/mol. The number of carbonyl (C=O) groups is 1. The fourth-order valence-electron chi connectivity index (χ4n) is 3.28. The molecule has 2 N–H and O–H groups in total. The van der Waals surface area contributed by atoms with Gasteiger partial charge in [-0.2, -0.15) is 0 Å². The number of hydrogen-bond donors (Lipinski definition) is 2. The van der Waals surface area contributed by atoms with Crippen LogP contribution in [-0.2, 0) is 0 Å². The zero-order chi connectivity index (χ0) is 20.1. The molecule has 1 saturated heterocycles. The minimum Gasteiger partial charge on any atom is -0.370 e. The van der Waals surface area contributed by atoms with E-state index in [0.717, 1.165) is 33.6 Å². The van der Waals surface area contributed by atoms with E-state index >= 15 is 0 Å². The minimum absolute atomic E-state index is 0.276. The summed E-state index contributed by atoms with van der Waals surface area (Å²) in [7, 11) is 0. The molecule has 8 heteroatoms. The van der Waals surface area contributed by atoms with Crippen molar-refractivity contribution in [1.29, 1.82) is 0 Å². The first kappa shape index (κ1) is 19.7. The van der Waals surface area contributed by atoms with Crippen LogP contribution in [0.5, 0.6) is 0 Å². The third kappa shape index (κ3) is 5.27. The molecule has 3 heterocycles. The summed E-state index contributed by atoms with van der Waals surface area (Å²) >= 11 is 3.05. The first-order valence-corrected chi connectivity index (χ1v) is 11.3. The third-order valence-electron chi connectivity index (χ3n) is 4.67. The highest BCUT2D eigenvalue weighted by molar-refractivity contribution is 8.01. The molecule has 2 aromatic heterocycles. The summed E-state index contributed by atoms with van der Waals surface area (Å²) in [5.74, 6) is 0. The lowest BCUT2D eigenvalue weighted by Gasteiger charge is -2.30. The van der Waals surface area contributed by atoms with Crippen molar-refractivity contribution in [2.75, 3.05) is 28.6 Å². The van der Waals surface area contributed by atoms with Crippen molar-refractivity contribution in [1.82, 2.24) is 9.97 Å². The van der Waals surface area contributed by atoms with Crippen LogP contribution < -0.4 is 15.5 Å². The molecular formula is C21H23N5OS2. The van der Waals surface area contributed by atoms with Crippen molar-refractivity contribution in [2.45, 2.75) is 35.3 Å². The van der Waals surface area contributed by atoms with Crippen molar-refractivity contribution in [2.24, 2.45) is 0 Å². The molecule has 0 aliphatic carbocycles. The molecular weight excluding hydrogens is 402 g/mol. The van der Waals surface area contributed by atoms with Crippen LogP contribution in [-0.4, -0.2) is 29.1 Å². The summed E-state index contributed by atoms with van der Waals surface area (Å²) in [4.78, 5) is 24.4. The number of anilines is 3. The van der Waals surface area contributed by atoms with Gasteiger partial charge in [0.1, 0.15) is 0 Å². The number of aryl methyl sites for hydroxylation is 1. The lowest BCUT2D eigenvalue weighted by molar-refractivity contribution is 0.262. The molecule has 4 rings (SSSR count). The van der Waals surface area contributed by atoms with Crippen molar-refractivity contribution < 1.29 is 4.79 Å². The zero-order valence-corrected chi connectivity index (χ0v) is 17.9. The monoisotopic (exact) mass is 425 g/mol. The maximum atomic E-state index is 12.6. The standard InChI is InChI=1S/C21H23N5OS2/c1-15-5-6-17(18(13-15)26-11-3-2-4-12-26)24-20(27)25-21-23-14-19(29-21)28-16-7-9-22-10-8-16/h5-10,13-14H,2-4,11-12H2,1H3,(H2,23,24,25,27). The molecule has 150 valence electrons. The van der Waals surface area contributed by atoms with E-state index in [-0.39, 0.29) is 6.03 Å². The van der Waals surface area contributed by atoms with Crippen LogP contribution in [0.25, 0.3) is 0 Å². The zero-order valence-electron chi connectivity index (χ0n) is 16.2. The Kier molecular flexibility index (Phi) is 6.31. The summed E-state index contributed by atoms with van der Waals surface area (Å²) in [6.45, 7) is 4.14. The number of nitrogens with zero attached hydrogens (tertiary/aromatic N) is 3. The van der Waals surface area contributed by atoms with E-state index in [1.165, 1.54) is 36.2 Å². The predicted octanol–water partition coefficient (Wildman–Crippen LogP) is 5.63. The molecule has 0 saturated carbocycles. The van der Waals surface area contributed by atoms with Crippen LogP contribution in [0.1, 0.15) is 24.8 Å². The fraction of sp³-hybridized carbons (Fsp3) is 0.286. The summed E-state index contributed by atoms with van der Waals surface area (Å²) in [5, 5.41) is 6.43. The predicted molar refractivity (Wildman–Crippen MR) is 120 cm³/mol. The van der Waals surface area contributed by atoms with Gasteiger partial charge in [0.05, 0.1) is 21.8 Å². The van der Waals surface area contributed by atoms with Crippen molar-refractivity contribution in [3.8, 4) is 0 Å². The number of pyridine rings is 1. The maximum Gasteiger partial charge on any atom is 0.325 e. The lowest BCUT2D eigenvalue weighted by Crippen LogP contribution is -2.31. The number of aromatic nitrogens is 2. The number of carbonyl (C=O) groups excluding carboxylic acids is 1. The van der Waals surface area contributed by atoms with E-state index in [4.69, 9.17) is 0 Å². The second-order valence-corrected chi connectivity index (χ2v) is 9.32. The Morgan fingerprint density at radius 3 is 2.69 bits per heavy atom.